The zero-order valence-electron chi connectivity index (χ0n) is 13.7. The summed E-state index contributed by atoms with van der Waals surface area (Å²) in [5.74, 6) is -0.188. The number of amides is 1. The van der Waals surface area contributed by atoms with Crippen molar-refractivity contribution in [3.05, 3.63) is 69.4 Å². The van der Waals surface area contributed by atoms with Crippen molar-refractivity contribution in [2.24, 2.45) is 0 Å². The van der Waals surface area contributed by atoms with E-state index in [9.17, 15) is 14.4 Å². The van der Waals surface area contributed by atoms with E-state index in [0.717, 1.165) is 0 Å². The fourth-order valence-electron chi connectivity index (χ4n) is 2.88. The van der Waals surface area contributed by atoms with Crippen molar-refractivity contribution in [3.8, 4) is 0 Å². The number of aryl methyl sites for hydroxylation is 1. The fourth-order valence-corrected chi connectivity index (χ4v) is 2.88. The lowest BCUT2D eigenvalue weighted by Crippen LogP contribution is -2.18. The molecule has 0 saturated carbocycles. The number of aromatic amines is 2. The summed E-state index contributed by atoms with van der Waals surface area (Å²) in [5, 5.41) is 7.48. The summed E-state index contributed by atoms with van der Waals surface area (Å²) in [4.78, 5) is 40.7. The normalized spacial score (nSPS) is 11.1. The smallest absolute Gasteiger partial charge is 0.323 e. The van der Waals surface area contributed by atoms with Crippen LogP contribution in [0.4, 0.5) is 5.69 Å². The molecule has 0 spiro atoms. The van der Waals surface area contributed by atoms with Crippen molar-refractivity contribution in [1.29, 1.82) is 0 Å². The van der Waals surface area contributed by atoms with Crippen LogP contribution in [-0.2, 0) is 11.3 Å². The third-order valence-corrected chi connectivity index (χ3v) is 4.11. The molecule has 0 saturated heterocycles. The molecule has 0 radical (unpaired) electrons. The Labute approximate surface area is 146 Å². The second-order valence-electron chi connectivity index (χ2n) is 5.89. The Morgan fingerprint density at radius 1 is 1.08 bits per heavy atom. The van der Waals surface area contributed by atoms with E-state index >= 15 is 0 Å². The van der Waals surface area contributed by atoms with Gasteiger partial charge in [0.1, 0.15) is 0 Å². The number of nitrogens with one attached hydrogen (secondary N) is 3. The average molecular weight is 349 g/mol. The molecule has 4 rings (SSSR count). The van der Waals surface area contributed by atoms with Crippen molar-refractivity contribution < 1.29 is 4.79 Å². The summed E-state index contributed by atoms with van der Waals surface area (Å²) in [5.41, 5.74) is 2.15. The van der Waals surface area contributed by atoms with Gasteiger partial charge in [0.25, 0.3) is 0 Å². The van der Waals surface area contributed by atoms with Crippen molar-refractivity contribution in [3.63, 3.8) is 0 Å². The highest BCUT2D eigenvalue weighted by molar-refractivity contribution is 5.93. The van der Waals surface area contributed by atoms with Gasteiger partial charge in [-0.2, -0.15) is 5.10 Å². The number of carbonyl (C=O) groups excluding carboxylic acids is 1. The standard InChI is InChI=1S/C18H15N5O3/c24-16-10-19-23(15-4-2-1-3-12(15)16)8-7-17(25)20-11-5-6-13-14(9-11)22-18(26)21-13/h1-6,9-10H,7-8H2,(H,20,25)(H2,21,22,26). The lowest BCUT2D eigenvalue weighted by molar-refractivity contribution is -0.116. The van der Waals surface area contributed by atoms with Gasteiger partial charge in [-0.15, -0.1) is 0 Å². The number of H-pyrrole nitrogens is 2. The number of anilines is 1. The maximum absolute atomic E-state index is 12.2. The van der Waals surface area contributed by atoms with E-state index in [4.69, 9.17) is 0 Å². The second-order valence-corrected chi connectivity index (χ2v) is 5.89. The molecule has 1 amide bonds. The minimum absolute atomic E-state index is 0.143. The Balaban J connectivity index is 1.49. The number of rotatable bonds is 4. The van der Waals surface area contributed by atoms with E-state index in [0.29, 0.717) is 34.2 Å². The van der Waals surface area contributed by atoms with Gasteiger partial charge >= 0.3 is 5.69 Å². The minimum atomic E-state index is -0.292. The number of hydrogen-bond donors (Lipinski definition) is 3. The number of hydrogen-bond acceptors (Lipinski definition) is 4. The van der Waals surface area contributed by atoms with Gasteiger partial charge in [0.15, 0.2) is 0 Å². The quantitative estimate of drug-likeness (QED) is 0.519. The molecule has 0 aliphatic rings. The fraction of sp³-hybridized carbons (Fsp3) is 0.111. The number of benzene rings is 2. The monoisotopic (exact) mass is 349 g/mol. The van der Waals surface area contributed by atoms with Crippen LogP contribution in [0.5, 0.6) is 0 Å². The summed E-state index contributed by atoms with van der Waals surface area (Å²) >= 11 is 0. The van der Waals surface area contributed by atoms with Gasteiger partial charge in [0.05, 0.1) is 29.3 Å². The highest BCUT2D eigenvalue weighted by Gasteiger charge is 2.08. The minimum Gasteiger partial charge on any atom is -0.326 e. The highest BCUT2D eigenvalue weighted by atomic mass is 16.2. The third-order valence-electron chi connectivity index (χ3n) is 4.11. The Bertz CT molecular complexity index is 1230. The molecule has 8 heteroatoms. The van der Waals surface area contributed by atoms with Crippen molar-refractivity contribution in [2.45, 2.75) is 13.0 Å². The Hall–Kier alpha value is -3.68. The van der Waals surface area contributed by atoms with Gasteiger partial charge in [0.2, 0.25) is 11.3 Å². The van der Waals surface area contributed by atoms with E-state index in [-0.39, 0.29) is 23.4 Å². The third kappa shape index (κ3) is 3.00. The van der Waals surface area contributed by atoms with Crippen LogP contribution in [-0.4, -0.2) is 25.7 Å². The average Bonchev–Trinajstić information content (AvgIpc) is 3.01. The largest absolute Gasteiger partial charge is 0.326 e. The van der Waals surface area contributed by atoms with Gasteiger partial charge in [-0.05, 0) is 30.3 Å². The first-order valence-electron chi connectivity index (χ1n) is 8.07. The molecule has 0 atom stereocenters. The number of carbonyl (C=O) groups is 1. The molecule has 26 heavy (non-hydrogen) atoms. The molecule has 3 N–H and O–H groups in total. The summed E-state index contributed by atoms with van der Waals surface area (Å²) in [6.45, 7) is 0.343. The zero-order chi connectivity index (χ0) is 18.1. The zero-order valence-corrected chi connectivity index (χ0v) is 13.7. The second kappa shape index (κ2) is 6.32. The SMILES string of the molecule is O=C(CCn1ncc(=O)c2ccccc21)Nc1ccc2[nH]c(=O)[nH]c2c1. The number of imidazole rings is 1. The number of nitrogens with zero attached hydrogens (tertiary/aromatic N) is 2. The molecule has 0 aliphatic heterocycles. The molecule has 0 fully saturated rings. The van der Waals surface area contributed by atoms with E-state index < -0.39 is 0 Å². The van der Waals surface area contributed by atoms with Crippen LogP contribution in [0, 0.1) is 0 Å². The number of fused-ring (bicyclic) bond motifs is 2. The van der Waals surface area contributed by atoms with Crippen LogP contribution in [0.3, 0.4) is 0 Å². The van der Waals surface area contributed by atoms with E-state index in [1.54, 1.807) is 41.1 Å². The predicted octanol–water partition coefficient (Wildman–Crippen LogP) is 1.59. The first kappa shape index (κ1) is 15.8. The van der Waals surface area contributed by atoms with Gasteiger partial charge in [-0.3, -0.25) is 14.3 Å². The number of para-hydroxylation sites is 1. The Morgan fingerprint density at radius 2 is 1.88 bits per heavy atom. The number of aromatic nitrogens is 4. The lowest BCUT2D eigenvalue weighted by Gasteiger charge is -2.09. The van der Waals surface area contributed by atoms with Crippen LogP contribution in [0.1, 0.15) is 6.42 Å². The van der Waals surface area contributed by atoms with Gasteiger partial charge < -0.3 is 15.3 Å². The summed E-state index contributed by atoms with van der Waals surface area (Å²) < 4.78 is 1.64. The van der Waals surface area contributed by atoms with Gasteiger partial charge in [-0.1, -0.05) is 12.1 Å². The van der Waals surface area contributed by atoms with Gasteiger partial charge in [-0.25, -0.2) is 4.79 Å². The molecule has 2 heterocycles. The summed E-state index contributed by atoms with van der Waals surface area (Å²) in [6.07, 6.45) is 1.46. The molecule has 0 bridgehead atoms. The molecule has 130 valence electrons. The topological polar surface area (TPSA) is 113 Å². The molecular weight excluding hydrogens is 334 g/mol. The maximum atomic E-state index is 12.2. The van der Waals surface area contributed by atoms with Crippen molar-refractivity contribution >= 4 is 33.5 Å². The van der Waals surface area contributed by atoms with Gasteiger partial charge in [0, 0.05) is 17.5 Å². The van der Waals surface area contributed by atoms with Crippen LogP contribution < -0.4 is 16.4 Å². The molecule has 2 aromatic carbocycles. The first-order chi connectivity index (χ1) is 12.6. The van der Waals surface area contributed by atoms with E-state index in [1.807, 2.05) is 6.07 Å². The van der Waals surface area contributed by atoms with Crippen molar-refractivity contribution in [1.82, 2.24) is 19.7 Å². The Kier molecular flexibility index (Phi) is 3.85. The molecule has 2 aromatic heterocycles. The Morgan fingerprint density at radius 3 is 2.77 bits per heavy atom. The first-order valence-corrected chi connectivity index (χ1v) is 8.07. The predicted molar refractivity (Wildman–Crippen MR) is 98.2 cm³/mol. The van der Waals surface area contributed by atoms with Crippen molar-refractivity contribution in [2.75, 3.05) is 5.32 Å². The van der Waals surface area contributed by atoms with E-state index in [1.165, 1.54) is 6.20 Å². The van der Waals surface area contributed by atoms with Crippen LogP contribution in [0.25, 0.3) is 21.9 Å². The summed E-state index contributed by atoms with van der Waals surface area (Å²) in [6, 6.07) is 12.3. The molecular formula is C18H15N5O3. The van der Waals surface area contributed by atoms with Crippen LogP contribution in [0.2, 0.25) is 0 Å². The molecule has 8 nitrogen and oxygen atoms in total. The van der Waals surface area contributed by atoms with Crippen LogP contribution in [0.15, 0.2) is 58.3 Å². The maximum Gasteiger partial charge on any atom is 0.323 e. The van der Waals surface area contributed by atoms with Crippen LogP contribution >= 0.6 is 0 Å². The lowest BCUT2D eigenvalue weighted by atomic mass is 10.2. The molecule has 0 aliphatic carbocycles. The molecule has 0 unspecified atom stereocenters. The highest BCUT2D eigenvalue weighted by Crippen LogP contribution is 2.15. The summed E-state index contributed by atoms with van der Waals surface area (Å²) in [7, 11) is 0. The molecule has 4 aromatic rings. The van der Waals surface area contributed by atoms with E-state index in [2.05, 4.69) is 20.4 Å².